The van der Waals surface area contributed by atoms with Crippen LogP contribution in [0.5, 0.6) is 0 Å². The molecule has 0 unspecified atom stereocenters. The Kier molecular flexibility index (Phi) is 4.57. The minimum absolute atomic E-state index is 0.0101. The molecule has 0 spiro atoms. The van der Waals surface area contributed by atoms with Gasteiger partial charge in [0.25, 0.3) is 6.01 Å². The maximum absolute atomic E-state index is 11.7. The van der Waals surface area contributed by atoms with Gasteiger partial charge in [-0.05, 0) is 38.2 Å². The zero-order chi connectivity index (χ0) is 14.5. The van der Waals surface area contributed by atoms with E-state index in [0.29, 0.717) is 18.0 Å². The van der Waals surface area contributed by atoms with Crippen molar-refractivity contribution in [2.75, 3.05) is 37.9 Å². The largest absolute Gasteiger partial charge is 0.423 e. The molecule has 1 aromatic heterocycles. The van der Waals surface area contributed by atoms with Gasteiger partial charge in [-0.2, -0.15) is 4.98 Å². The molecule has 0 fully saturated rings. The molecule has 0 atom stereocenters. The second-order valence-electron chi connectivity index (χ2n) is 4.83. The summed E-state index contributed by atoms with van der Waals surface area (Å²) in [6.45, 7) is 0.835. The molecule has 108 valence electrons. The molecule has 2 N–H and O–H groups in total. The highest BCUT2D eigenvalue weighted by atomic mass is 16.4. The first-order valence-electron chi connectivity index (χ1n) is 6.62. The Hall–Kier alpha value is -2.08. The molecule has 0 aliphatic carbocycles. The first-order valence-corrected chi connectivity index (χ1v) is 6.62. The van der Waals surface area contributed by atoms with Crippen molar-refractivity contribution in [2.24, 2.45) is 0 Å². The quantitative estimate of drug-likeness (QED) is 0.788. The Morgan fingerprint density at radius 2 is 2.20 bits per heavy atom. The third kappa shape index (κ3) is 3.48. The monoisotopic (exact) mass is 276 g/mol. The summed E-state index contributed by atoms with van der Waals surface area (Å²) in [7, 11) is 5.61. The summed E-state index contributed by atoms with van der Waals surface area (Å²) in [5, 5.41) is 5.89. The van der Waals surface area contributed by atoms with Crippen molar-refractivity contribution in [3.05, 3.63) is 18.2 Å². The highest BCUT2D eigenvalue weighted by Gasteiger charge is 2.09. The molecule has 6 heteroatoms. The zero-order valence-corrected chi connectivity index (χ0v) is 12.1. The van der Waals surface area contributed by atoms with E-state index >= 15 is 0 Å². The Morgan fingerprint density at radius 1 is 1.40 bits per heavy atom. The fraction of sp³-hybridized carbons (Fsp3) is 0.429. The molecule has 0 saturated heterocycles. The van der Waals surface area contributed by atoms with E-state index in [0.717, 1.165) is 24.2 Å². The Labute approximate surface area is 118 Å². The van der Waals surface area contributed by atoms with Crippen molar-refractivity contribution in [1.82, 2.24) is 10.3 Å². The normalized spacial score (nSPS) is 10.8. The van der Waals surface area contributed by atoms with Gasteiger partial charge in [-0.25, -0.2) is 0 Å². The molecular formula is C14H20N4O2. The van der Waals surface area contributed by atoms with Gasteiger partial charge in [0.2, 0.25) is 5.91 Å². The smallest absolute Gasteiger partial charge is 0.297 e. The highest BCUT2D eigenvalue weighted by molar-refractivity contribution is 5.92. The molecule has 1 amide bonds. The van der Waals surface area contributed by atoms with Crippen LogP contribution in [-0.4, -0.2) is 38.6 Å². The molecule has 0 radical (unpaired) electrons. The van der Waals surface area contributed by atoms with Crippen LogP contribution in [0.3, 0.4) is 0 Å². The van der Waals surface area contributed by atoms with Crippen LogP contribution in [0.2, 0.25) is 0 Å². The van der Waals surface area contributed by atoms with E-state index in [1.54, 1.807) is 4.90 Å². The fourth-order valence-electron chi connectivity index (χ4n) is 1.83. The third-order valence-corrected chi connectivity index (χ3v) is 2.87. The van der Waals surface area contributed by atoms with Crippen LogP contribution >= 0.6 is 0 Å². The van der Waals surface area contributed by atoms with Gasteiger partial charge < -0.3 is 20.0 Å². The minimum Gasteiger partial charge on any atom is -0.423 e. The Balaban J connectivity index is 2.05. The predicted molar refractivity (Wildman–Crippen MR) is 80.1 cm³/mol. The number of oxazole rings is 1. The van der Waals surface area contributed by atoms with Gasteiger partial charge in [0.15, 0.2) is 5.58 Å². The van der Waals surface area contributed by atoms with Crippen molar-refractivity contribution in [1.29, 1.82) is 0 Å². The van der Waals surface area contributed by atoms with Crippen LogP contribution < -0.4 is 15.5 Å². The molecular weight excluding hydrogens is 256 g/mol. The standard InChI is InChI=1S/C14H20N4O2/c1-15-8-4-5-13(19)16-10-6-7-12-11(9-10)17-14(20-12)18(2)3/h6-7,9,15H,4-5,8H2,1-3H3,(H,16,19). The Morgan fingerprint density at radius 3 is 2.90 bits per heavy atom. The number of hydrogen-bond acceptors (Lipinski definition) is 5. The van der Waals surface area contributed by atoms with E-state index in [2.05, 4.69) is 15.6 Å². The number of anilines is 2. The van der Waals surface area contributed by atoms with Crippen molar-refractivity contribution < 1.29 is 9.21 Å². The van der Waals surface area contributed by atoms with Gasteiger partial charge in [-0.3, -0.25) is 4.79 Å². The lowest BCUT2D eigenvalue weighted by Crippen LogP contribution is -2.15. The molecule has 0 saturated carbocycles. The van der Waals surface area contributed by atoms with E-state index < -0.39 is 0 Å². The summed E-state index contributed by atoms with van der Waals surface area (Å²) in [5.74, 6) is 0.0101. The number of carbonyl (C=O) groups excluding carboxylic acids is 1. The molecule has 6 nitrogen and oxygen atoms in total. The second-order valence-corrected chi connectivity index (χ2v) is 4.83. The summed E-state index contributed by atoms with van der Waals surface area (Å²) in [4.78, 5) is 17.9. The molecule has 20 heavy (non-hydrogen) atoms. The fourth-order valence-corrected chi connectivity index (χ4v) is 1.83. The number of amides is 1. The lowest BCUT2D eigenvalue weighted by molar-refractivity contribution is -0.116. The number of benzene rings is 1. The minimum atomic E-state index is 0.0101. The molecule has 2 aromatic rings. The maximum atomic E-state index is 11.7. The first-order chi connectivity index (χ1) is 9.60. The van der Waals surface area contributed by atoms with Crippen molar-refractivity contribution in [2.45, 2.75) is 12.8 Å². The SMILES string of the molecule is CNCCCC(=O)Nc1ccc2oc(N(C)C)nc2c1. The van der Waals surface area contributed by atoms with Gasteiger partial charge in [0.1, 0.15) is 5.52 Å². The summed E-state index contributed by atoms with van der Waals surface area (Å²) in [6, 6.07) is 6.01. The van der Waals surface area contributed by atoms with E-state index in [-0.39, 0.29) is 5.91 Å². The predicted octanol–water partition coefficient (Wildman–Crippen LogP) is 1.83. The number of hydrogen-bond donors (Lipinski definition) is 2. The number of rotatable bonds is 6. The van der Waals surface area contributed by atoms with Crippen molar-refractivity contribution in [3.63, 3.8) is 0 Å². The molecule has 0 aliphatic heterocycles. The second kappa shape index (κ2) is 6.38. The number of aromatic nitrogens is 1. The third-order valence-electron chi connectivity index (χ3n) is 2.87. The summed E-state index contributed by atoms with van der Waals surface area (Å²) in [5.41, 5.74) is 2.19. The van der Waals surface area contributed by atoms with Crippen LogP contribution in [0, 0.1) is 0 Å². The van der Waals surface area contributed by atoms with Crippen LogP contribution in [0.15, 0.2) is 22.6 Å². The van der Waals surface area contributed by atoms with Gasteiger partial charge in [-0.15, -0.1) is 0 Å². The maximum Gasteiger partial charge on any atom is 0.297 e. The average molecular weight is 276 g/mol. The first kappa shape index (κ1) is 14.3. The van der Waals surface area contributed by atoms with Crippen LogP contribution in [0.1, 0.15) is 12.8 Å². The molecule has 1 aromatic carbocycles. The number of nitrogens with zero attached hydrogens (tertiary/aromatic N) is 2. The van der Waals surface area contributed by atoms with Crippen LogP contribution in [0.4, 0.5) is 11.7 Å². The van der Waals surface area contributed by atoms with Crippen molar-refractivity contribution >= 4 is 28.7 Å². The summed E-state index contributed by atoms with van der Waals surface area (Å²) < 4.78 is 5.56. The lowest BCUT2D eigenvalue weighted by atomic mass is 10.2. The number of fused-ring (bicyclic) bond motifs is 1. The van der Waals surface area contributed by atoms with Gasteiger partial charge in [-0.1, -0.05) is 0 Å². The average Bonchev–Trinajstić information content (AvgIpc) is 2.82. The van der Waals surface area contributed by atoms with E-state index in [1.165, 1.54) is 0 Å². The van der Waals surface area contributed by atoms with E-state index in [4.69, 9.17) is 4.42 Å². The summed E-state index contributed by atoms with van der Waals surface area (Å²) in [6.07, 6.45) is 1.32. The van der Waals surface area contributed by atoms with E-state index in [1.807, 2.05) is 39.3 Å². The van der Waals surface area contributed by atoms with Gasteiger partial charge in [0, 0.05) is 26.2 Å². The molecule has 0 aliphatic rings. The zero-order valence-electron chi connectivity index (χ0n) is 12.1. The van der Waals surface area contributed by atoms with E-state index in [9.17, 15) is 4.79 Å². The van der Waals surface area contributed by atoms with Crippen LogP contribution in [0.25, 0.3) is 11.1 Å². The lowest BCUT2D eigenvalue weighted by Gasteiger charge is -2.04. The van der Waals surface area contributed by atoms with Crippen molar-refractivity contribution in [3.8, 4) is 0 Å². The summed E-state index contributed by atoms with van der Waals surface area (Å²) >= 11 is 0. The topological polar surface area (TPSA) is 70.4 Å². The number of nitrogens with one attached hydrogen (secondary N) is 2. The van der Waals surface area contributed by atoms with Crippen LogP contribution in [-0.2, 0) is 4.79 Å². The van der Waals surface area contributed by atoms with Gasteiger partial charge >= 0.3 is 0 Å². The number of carbonyl (C=O) groups is 1. The molecule has 2 rings (SSSR count). The molecule has 0 bridgehead atoms. The highest BCUT2D eigenvalue weighted by Crippen LogP contribution is 2.23. The molecule has 1 heterocycles. The van der Waals surface area contributed by atoms with Gasteiger partial charge in [0.05, 0.1) is 0 Å². The Bertz CT molecular complexity index is 592.